The third kappa shape index (κ3) is 1.59. The van der Waals surface area contributed by atoms with E-state index >= 15 is 0 Å². The van der Waals surface area contributed by atoms with E-state index in [0.29, 0.717) is 6.42 Å². The molecule has 0 saturated heterocycles. The average molecular weight is 185 g/mol. The lowest BCUT2D eigenvalue weighted by Crippen LogP contribution is -1.74. The number of aromatic amines is 1. The Hall–Kier alpha value is -1.83. The van der Waals surface area contributed by atoms with Crippen molar-refractivity contribution in [2.45, 2.75) is 6.42 Å². The maximum atomic E-state index is 10.2. The lowest BCUT2D eigenvalue weighted by molar-refractivity contribution is -0.107. The van der Waals surface area contributed by atoms with Gasteiger partial charge in [-0.05, 0) is 17.7 Å². The molecule has 0 atom stereocenters. The van der Waals surface area contributed by atoms with Crippen molar-refractivity contribution in [2.24, 2.45) is 0 Å². The van der Waals surface area contributed by atoms with Crippen molar-refractivity contribution in [1.29, 1.82) is 0 Å². The van der Waals surface area contributed by atoms with Gasteiger partial charge in [0.2, 0.25) is 0 Å². The molecule has 1 aromatic heterocycles. The van der Waals surface area contributed by atoms with E-state index in [2.05, 4.69) is 4.98 Å². The second-order valence-electron chi connectivity index (χ2n) is 3.09. The molecule has 2 nitrogen and oxygen atoms in total. The first-order valence-corrected chi connectivity index (χ1v) is 4.58. The zero-order valence-electron chi connectivity index (χ0n) is 7.73. The SMILES string of the molecule is O=CCC=Cc1cccc2[nH]ccc12. The Morgan fingerprint density at radius 1 is 1.29 bits per heavy atom. The molecule has 0 amide bonds. The number of aldehydes is 1. The van der Waals surface area contributed by atoms with E-state index in [9.17, 15) is 4.79 Å². The van der Waals surface area contributed by atoms with E-state index in [4.69, 9.17) is 0 Å². The summed E-state index contributed by atoms with van der Waals surface area (Å²) in [6.45, 7) is 0. The number of aromatic nitrogens is 1. The maximum Gasteiger partial charge on any atom is 0.123 e. The lowest BCUT2D eigenvalue weighted by atomic mass is 10.1. The Morgan fingerprint density at radius 3 is 3.07 bits per heavy atom. The molecule has 0 fully saturated rings. The van der Waals surface area contributed by atoms with Gasteiger partial charge in [0.15, 0.2) is 0 Å². The van der Waals surface area contributed by atoms with Crippen molar-refractivity contribution in [3.63, 3.8) is 0 Å². The van der Waals surface area contributed by atoms with Gasteiger partial charge in [-0.25, -0.2) is 0 Å². The smallest absolute Gasteiger partial charge is 0.123 e. The number of carbonyl (C=O) groups is 1. The summed E-state index contributed by atoms with van der Waals surface area (Å²) in [6.07, 6.45) is 7.13. The summed E-state index contributed by atoms with van der Waals surface area (Å²) in [6, 6.07) is 8.11. The van der Waals surface area contributed by atoms with E-state index in [1.807, 2.05) is 42.6 Å². The topological polar surface area (TPSA) is 32.9 Å². The van der Waals surface area contributed by atoms with Crippen LogP contribution in [-0.4, -0.2) is 11.3 Å². The summed E-state index contributed by atoms with van der Waals surface area (Å²) in [7, 11) is 0. The van der Waals surface area contributed by atoms with Crippen LogP contribution in [0, 0.1) is 0 Å². The summed E-state index contributed by atoms with van der Waals surface area (Å²) in [5.41, 5.74) is 2.27. The zero-order chi connectivity index (χ0) is 9.80. The first-order valence-electron chi connectivity index (χ1n) is 4.58. The predicted molar refractivity (Wildman–Crippen MR) is 58.0 cm³/mol. The van der Waals surface area contributed by atoms with Crippen molar-refractivity contribution in [3.05, 3.63) is 42.1 Å². The highest BCUT2D eigenvalue weighted by molar-refractivity contribution is 5.88. The molecule has 0 radical (unpaired) electrons. The Morgan fingerprint density at radius 2 is 2.21 bits per heavy atom. The minimum Gasteiger partial charge on any atom is -0.361 e. The molecular weight excluding hydrogens is 174 g/mol. The molecule has 0 aliphatic rings. The Bertz CT molecular complexity index is 468. The van der Waals surface area contributed by atoms with Crippen LogP contribution >= 0.6 is 0 Å². The van der Waals surface area contributed by atoms with Crippen LogP contribution < -0.4 is 0 Å². The van der Waals surface area contributed by atoms with Crippen LogP contribution in [0.15, 0.2) is 36.5 Å². The van der Waals surface area contributed by atoms with Crippen LogP contribution in [0.4, 0.5) is 0 Å². The second-order valence-corrected chi connectivity index (χ2v) is 3.09. The number of allylic oxidation sites excluding steroid dienone is 1. The summed E-state index contributed by atoms with van der Waals surface area (Å²) in [5.74, 6) is 0. The molecule has 1 N–H and O–H groups in total. The van der Waals surface area contributed by atoms with E-state index in [-0.39, 0.29) is 0 Å². The van der Waals surface area contributed by atoms with Crippen molar-refractivity contribution in [2.75, 3.05) is 0 Å². The second kappa shape index (κ2) is 3.92. The number of H-pyrrole nitrogens is 1. The summed E-state index contributed by atoms with van der Waals surface area (Å²) < 4.78 is 0. The highest BCUT2D eigenvalue weighted by atomic mass is 16.1. The molecule has 0 spiro atoms. The molecule has 70 valence electrons. The van der Waals surface area contributed by atoms with Gasteiger partial charge in [-0.1, -0.05) is 24.3 Å². The molecule has 2 aromatic rings. The van der Waals surface area contributed by atoms with E-state index in [1.54, 1.807) is 0 Å². The van der Waals surface area contributed by atoms with Gasteiger partial charge in [-0.3, -0.25) is 0 Å². The summed E-state index contributed by atoms with van der Waals surface area (Å²) in [4.78, 5) is 13.3. The Labute approximate surface area is 82.3 Å². The molecule has 2 rings (SSSR count). The van der Waals surface area contributed by atoms with Crippen LogP contribution in [0.3, 0.4) is 0 Å². The number of hydrogen-bond acceptors (Lipinski definition) is 1. The quantitative estimate of drug-likeness (QED) is 0.733. The van der Waals surface area contributed by atoms with Crippen molar-refractivity contribution >= 4 is 23.3 Å². The average Bonchev–Trinajstić information content (AvgIpc) is 2.67. The van der Waals surface area contributed by atoms with Gasteiger partial charge in [-0.15, -0.1) is 0 Å². The van der Waals surface area contributed by atoms with Crippen LogP contribution in [0.5, 0.6) is 0 Å². The number of fused-ring (bicyclic) bond motifs is 1. The lowest BCUT2D eigenvalue weighted by Gasteiger charge is -1.95. The molecule has 1 aromatic carbocycles. The highest BCUT2D eigenvalue weighted by Gasteiger charge is 1.96. The van der Waals surface area contributed by atoms with Gasteiger partial charge in [-0.2, -0.15) is 0 Å². The predicted octanol–water partition coefficient (Wildman–Crippen LogP) is 2.77. The third-order valence-electron chi connectivity index (χ3n) is 2.16. The molecular formula is C12H11NO. The van der Waals surface area contributed by atoms with Crippen molar-refractivity contribution < 1.29 is 4.79 Å². The monoisotopic (exact) mass is 185 g/mol. The summed E-state index contributed by atoms with van der Waals surface area (Å²) >= 11 is 0. The number of hydrogen-bond donors (Lipinski definition) is 1. The molecule has 0 bridgehead atoms. The van der Waals surface area contributed by atoms with Gasteiger partial charge in [0.25, 0.3) is 0 Å². The van der Waals surface area contributed by atoms with E-state index in [1.165, 1.54) is 5.39 Å². The van der Waals surface area contributed by atoms with Gasteiger partial charge in [0.1, 0.15) is 6.29 Å². The molecule has 0 saturated carbocycles. The van der Waals surface area contributed by atoms with Crippen molar-refractivity contribution in [1.82, 2.24) is 4.98 Å². The van der Waals surface area contributed by atoms with E-state index in [0.717, 1.165) is 17.4 Å². The van der Waals surface area contributed by atoms with Gasteiger partial charge < -0.3 is 9.78 Å². The standard InChI is InChI=1S/C12H11NO/c14-9-2-1-4-10-5-3-6-12-11(10)7-8-13-12/h1,3-9,13H,2H2. The minimum absolute atomic E-state index is 0.473. The minimum atomic E-state index is 0.473. The third-order valence-corrected chi connectivity index (χ3v) is 2.16. The number of rotatable bonds is 3. The summed E-state index contributed by atoms with van der Waals surface area (Å²) in [5, 5.41) is 1.19. The first-order chi connectivity index (χ1) is 6.92. The Balaban J connectivity index is 2.41. The first kappa shape index (κ1) is 8.75. The fourth-order valence-corrected chi connectivity index (χ4v) is 1.51. The fraction of sp³-hybridized carbons (Fsp3) is 0.0833. The Kier molecular flexibility index (Phi) is 2.45. The molecule has 1 heterocycles. The van der Waals surface area contributed by atoms with Crippen LogP contribution in [0.25, 0.3) is 17.0 Å². The number of benzene rings is 1. The van der Waals surface area contributed by atoms with Gasteiger partial charge in [0.05, 0.1) is 0 Å². The normalized spacial score (nSPS) is 11.1. The van der Waals surface area contributed by atoms with Crippen LogP contribution in [0.2, 0.25) is 0 Å². The molecule has 14 heavy (non-hydrogen) atoms. The largest absolute Gasteiger partial charge is 0.361 e. The van der Waals surface area contributed by atoms with Gasteiger partial charge >= 0.3 is 0 Å². The maximum absolute atomic E-state index is 10.2. The number of nitrogens with one attached hydrogen (secondary N) is 1. The molecule has 0 aliphatic heterocycles. The van der Waals surface area contributed by atoms with Crippen LogP contribution in [-0.2, 0) is 4.79 Å². The number of carbonyl (C=O) groups excluding carboxylic acids is 1. The van der Waals surface area contributed by atoms with Crippen LogP contribution in [0.1, 0.15) is 12.0 Å². The highest BCUT2D eigenvalue weighted by Crippen LogP contribution is 2.18. The van der Waals surface area contributed by atoms with Crippen molar-refractivity contribution in [3.8, 4) is 0 Å². The molecule has 2 heteroatoms. The van der Waals surface area contributed by atoms with Gasteiger partial charge in [0, 0.05) is 23.5 Å². The van der Waals surface area contributed by atoms with E-state index < -0.39 is 0 Å². The zero-order valence-corrected chi connectivity index (χ0v) is 7.73. The molecule has 0 unspecified atom stereocenters. The fourth-order valence-electron chi connectivity index (χ4n) is 1.51. The molecule has 0 aliphatic carbocycles.